The Morgan fingerprint density at radius 2 is 1.43 bits per heavy atom. The first-order valence-corrected chi connectivity index (χ1v) is 22.5. The van der Waals surface area contributed by atoms with Crippen LogP contribution in [-0.4, -0.2) is 86.6 Å². The lowest BCUT2D eigenvalue weighted by molar-refractivity contribution is -0.138. The summed E-state index contributed by atoms with van der Waals surface area (Å²) in [5, 5.41) is 9.78. The Bertz CT molecular complexity index is 2960. The zero-order valence-corrected chi connectivity index (χ0v) is 36.8. The van der Waals surface area contributed by atoms with Crippen molar-refractivity contribution in [3.63, 3.8) is 0 Å². The van der Waals surface area contributed by atoms with Crippen LogP contribution in [-0.2, 0) is 19.1 Å². The summed E-state index contributed by atoms with van der Waals surface area (Å²) in [6, 6.07) is 30.9. The summed E-state index contributed by atoms with van der Waals surface area (Å²) in [6.45, 7) is 4.41. The minimum Gasteiger partial charge on any atom is -0.453 e. The average molecular weight is 873 g/mol. The van der Waals surface area contributed by atoms with Crippen LogP contribution in [0, 0.1) is 11.8 Å². The van der Waals surface area contributed by atoms with Gasteiger partial charge in [0.2, 0.25) is 5.91 Å². The van der Waals surface area contributed by atoms with Crippen LogP contribution in [0.1, 0.15) is 81.3 Å². The zero-order chi connectivity index (χ0) is 44.9. The summed E-state index contributed by atoms with van der Waals surface area (Å²) in [4.78, 5) is 73.4. The molecule has 14 heteroatoms. The third-order valence-corrected chi connectivity index (χ3v) is 13.8. The first-order valence-electron chi connectivity index (χ1n) is 22.5. The molecule has 65 heavy (non-hydrogen) atoms. The molecule has 0 radical (unpaired) electrons. The molecule has 6 atom stereocenters. The SMILES string of the molecule is COC(=O)NC(C(=O)N1CCC[C@H]1c1ncc(-c2ccc3cc(-c4ccc5c(ccc6[nH]c([C@@H]7[C@H]8CC[C@H](C8)N7C(=O)[C@H](NC(=O)OC)c7ccccc7)nc65)c4)ccc3c2)[nH]1)C(C)C. The number of rotatable bonds is 10. The number of ether oxygens (including phenoxy) is 2. The van der Waals surface area contributed by atoms with Crippen LogP contribution in [0.4, 0.5) is 9.59 Å². The van der Waals surface area contributed by atoms with E-state index in [-0.39, 0.29) is 41.8 Å². The number of carbonyl (C=O) groups excluding carboxylic acids is 4. The highest BCUT2D eigenvalue weighted by atomic mass is 16.5. The molecule has 7 aromatic rings. The minimum absolute atomic E-state index is 0.0667. The van der Waals surface area contributed by atoms with Gasteiger partial charge >= 0.3 is 12.2 Å². The molecule has 2 aromatic heterocycles. The maximum atomic E-state index is 14.5. The number of amides is 4. The van der Waals surface area contributed by atoms with Gasteiger partial charge in [-0.15, -0.1) is 0 Å². The van der Waals surface area contributed by atoms with E-state index in [9.17, 15) is 19.2 Å². The van der Waals surface area contributed by atoms with Gasteiger partial charge in [-0.3, -0.25) is 9.59 Å². The van der Waals surface area contributed by atoms with Gasteiger partial charge in [-0.1, -0.05) is 86.6 Å². The predicted molar refractivity (Wildman–Crippen MR) is 247 cm³/mol. The molecule has 332 valence electrons. The molecule has 4 N–H and O–H groups in total. The second-order valence-corrected chi connectivity index (χ2v) is 17.9. The van der Waals surface area contributed by atoms with Gasteiger partial charge in [0.15, 0.2) is 0 Å². The number of nitrogens with zero attached hydrogens (tertiary/aromatic N) is 4. The Labute approximate surface area is 376 Å². The van der Waals surface area contributed by atoms with Gasteiger partial charge < -0.3 is 39.9 Å². The quantitative estimate of drug-likeness (QED) is 0.105. The minimum atomic E-state index is -0.882. The molecule has 1 saturated carbocycles. The number of methoxy groups -OCH3 is 2. The van der Waals surface area contributed by atoms with Crippen molar-refractivity contribution in [3.05, 3.63) is 120 Å². The number of H-pyrrole nitrogens is 2. The lowest BCUT2D eigenvalue weighted by Crippen LogP contribution is -2.51. The number of imidazole rings is 2. The van der Waals surface area contributed by atoms with Crippen LogP contribution in [0.5, 0.6) is 0 Å². The molecule has 2 saturated heterocycles. The van der Waals surface area contributed by atoms with E-state index < -0.39 is 24.3 Å². The smallest absolute Gasteiger partial charge is 0.407 e. The number of fused-ring (bicyclic) bond motifs is 6. The number of likely N-dealkylation sites (tertiary alicyclic amines) is 2. The number of benzene rings is 5. The molecule has 10 rings (SSSR count). The topological polar surface area (TPSA) is 175 Å². The van der Waals surface area contributed by atoms with Crippen LogP contribution in [0.15, 0.2) is 103 Å². The van der Waals surface area contributed by atoms with Gasteiger partial charge in [0.1, 0.15) is 23.7 Å². The standard InChI is InChI=1S/C51H52N8O6/c1-28(2)42(56-50(62)64-3)48(60)58-22-8-11-41(58)46-52-27-40(54-46)35-15-14-31-23-30(12-13-32(31)25-35)33-17-20-38-34(24-33)18-21-39-44(38)55-47(53-39)45-36-16-19-37(26-36)59(45)49(61)43(57-51(63)65-4)29-9-6-5-7-10-29/h5-7,9-10,12-15,17-18,20-21,23-25,27-28,36-37,41-43,45H,8,11,16,19,22,26H2,1-4H3,(H,52,54)(H,53,55)(H,56,62)(H,57,63)/t36-,37+,41-,42?,43+,45-/m0/s1. The molecular formula is C51H52N8O6. The van der Waals surface area contributed by atoms with Gasteiger partial charge in [0, 0.05) is 23.5 Å². The number of carbonyl (C=O) groups is 4. The second kappa shape index (κ2) is 17.1. The third-order valence-electron chi connectivity index (χ3n) is 13.8. The van der Waals surface area contributed by atoms with Gasteiger partial charge in [-0.25, -0.2) is 19.6 Å². The van der Waals surface area contributed by atoms with Crippen molar-refractivity contribution in [2.24, 2.45) is 11.8 Å². The van der Waals surface area contributed by atoms with E-state index in [1.165, 1.54) is 14.2 Å². The molecular weight excluding hydrogens is 821 g/mol. The van der Waals surface area contributed by atoms with E-state index in [1.807, 2.05) is 60.2 Å². The van der Waals surface area contributed by atoms with Gasteiger partial charge in [0.05, 0.1) is 49.2 Å². The van der Waals surface area contributed by atoms with Gasteiger partial charge in [-0.2, -0.15) is 0 Å². The lowest BCUT2D eigenvalue weighted by atomic mass is 9.96. The summed E-state index contributed by atoms with van der Waals surface area (Å²) in [5.74, 6) is 1.35. The van der Waals surface area contributed by atoms with E-state index in [0.717, 1.165) is 98.7 Å². The Balaban J connectivity index is 0.883. The average Bonchev–Trinajstić information content (AvgIpc) is 4.20. The molecule has 2 aliphatic heterocycles. The number of piperidine rings is 1. The van der Waals surface area contributed by atoms with E-state index in [1.54, 1.807) is 0 Å². The van der Waals surface area contributed by atoms with Crippen LogP contribution in [0.3, 0.4) is 0 Å². The summed E-state index contributed by atoms with van der Waals surface area (Å²) in [6.07, 6.45) is 5.01. The fraction of sp³-hybridized carbons (Fsp3) is 0.333. The van der Waals surface area contributed by atoms with E-state index in [0.29, 0.717) is 12.1 Å². The van der Waals surface area contributed by atoms with Crippen LogP contribution in [0.2, 0.25) is 0 Å². The fourth-order valence-electron chi connectivity index (χ4n) is 10.5. The van der Waals surface area contributed by atoms with Crippen molar-refractivity contribution >= 4 is 56.6 Å². The molecule has 1 aliphatic carbocycles. The highest BCUT2D eigenvalue weighted by molar-refractivity contribution is 6.06. The second-order valence-electron chi connectivity index (χ2n) is 17.9. The maximum Gasteiger partial charge on any atom is 0.407 e. The molecule has 4 heterocycles. The zero-order valence-electron chi connectivity index (χ0n) is 36.8. The van der Waals surface area contributed by atoms with Gasteiger partial charge in [0.25, 0.3) is 5.91 Å². The summed E-state index contributed by atoms with van der Waals surface area (Å²) >= 11 is 0. The molecule has 4 amide bonds. The van der Waals surface area contributed by atoms with E-state index in [4.69, 9.17) is 19.4 Å². The first kappa shape index (κ1) is 41.8. The Morgan fingerprint density at radius 1 is 0.738 bits per heavy atom. The van der Waals surface area contributed by atoms with Crippen molar-refractivity contribution in [2.45, 2.75) is 76.2 Å². The first-order chi connectivity index (χ1) is 31.6. The molecule has 2 bridgehead atoms. The molecule has 5 aromatic carbocycles. The van der Waals surface area contributed by atoms with E-state index >= 15 is 0 Å². The molecule has 0 spiro atoms. The molecule has 3 aliphatic rings. The monoisotopic (exact) mass is 872 g/mol. The Kier molecular flexibility index (Phi) is 11.0. The molecule has 1 unspecified atom stereocenters. The van der Waals surface area contributed by atoms with Crippen molar-refractivity contribution in [1.29, 1.82) is 0 Å². The molecule has 14 nitrogen and oxygen atoms in total. The Hall–Kier alpha value is -7.22. The number of hydrogen-bond acceptors (Lipinski definition) is 8. The Morgan fingerprint density at radius 3 is 2.18 bits per heavy atom. The van der Waals surface area contributed by atoms with Crippen molar-refractivity contribution < 1.29 is 28.7 Å². The summed E-state index contributed by atoms with van der Waals surface area (Å²) < 4.78 is 9.71. The summed E-state index contributed by atoms with van der Waals surface area (Å²) in [5.41, 5.74) is 6.52. The van der Waals surface area contributed by atoms with Crippen LogP contribution < -0.4 is 10.6 Å². The molecule has 3 fully saturated rings. The number of alkyl carbamates (subject to hydrolysis) is 2. The van der Waals surface area contributed by atoms with Crippen LogP contribution >= 0.6 is 0 Å². The predicted octanol–water partition coefficient (Wildman–Crippen LogP) is 9.12. The highest BCUT2D eigenvalue weighted by Crippen LogP contribution is 2.51. The summed E-state index contributed by atoms with van der Waals surface area (Å²) in [7, 11) is 2.60. The number of hydrogen-bond donors (Lipinski definition) is 4. The normalized spacial score (nSPS) is 20.1. The fourth-order valence-corrected chi connectivity index (χ4v) is 10.5. The van der Waals surface area contributed by atoms with E-state index in [2.05, 4.69) is 87.3 Å². The lowest BCUT2D eigenvalue weighted by Gasteiger charge is -2.36. The van der Waals surface area contributed by atoms with Crippen LogP contribution in [0.25, 0.3) is 55.0 Å². The van der Waals surface area contributed by atoms with Crippen molar-refractivity contribution in [3.8, 4) is 22.4 Å². The van der Waals surface area contributed by atoms with Crippen molar-refractivity contribution in [2.75, 3.05) is 20.8 Å². The highest BCUT2D eigenvalue weighted by Gasteiger charge is 2.51. The van der Waals surface area contributed by atoms with Crippen molar-refractivity contribution in [1.82, 2.24) is 40.4 Å². The maximum absolute atomic E-state index is 14.5. The largest absolute Gasteiger partial charge is 0.453 e. The number of aromatic amines is 2. The van der Waals surface area contributed by atoms with Gasteiger partial charge in [-0.05, 0) is 101 Å². The number of nitrogens with one attached hydrogen (secondary N) is 4. The number of aromatic nitrogens is 4. The third kappa shape index (κ3) is 7.70.